The van der Waals surface area contributed by atoms with Crippen LogP contribution >= 0.6 is 0 Å². The predicted molar refractivity (Wildman–Crippen MR) is 110 cm³/mol. The monoisotopic (exact) mass is 440 g/mol. The second kappa shape index (κ2) is 9.85. The van der Waals surface area contributed by atoms with Crippen molar-refractivity contribution in [1.29, 1.82) is 0 Å². The van der Waals surface area contributed by atoms with E-state index in [1.165, 1.54) is 4.31 Å². The smallest absolute Gasteiger partial charge is 0.214 e. The molecule has 172 valence electrons. The number of nitrogens with zero attached hydrogens (tertiary/aromatic N) is 2. The summed E-state index contributed by atoms with van der Waals surface area (Å²) in [6, 6.07) is 0.296. The number of likely N-dealkylation sites (tertiary alicyclic amines) is 1. The summed E-state index contributed by atoms with van der Waals surface area (Å²) in [6.45, 7) is 10.4. The van der Waals surface area contributed by atoms with Crippen molar-refractivity contribution in [1.82, 2.24) is 9.21 Å². The molecule has 0 aromatic rings. The zero-order chi connectivity index (χ0) is 21.9. The maximum Gasteiger partial charge on any atom is 0.214 e. The van der Waals surface area contributed by atoms with Crippen molar-refractivity contribution in [3.63, 3.8) is 0 Å². The second-order valence-electron chi connectivity index (χ2n) is 9.29. The van der Waals surface area contributed by atoms with E-state index in [1.54, 1.807) is 6.92 Å². The Labute approximate surface area is 175 Å². The topological polar surface area (TPSA) is 59.1 Å². The lowest BCUT2D eigenvalue weighted by Gasteiger charge is -2.25. The zero-order valence-electron chi connectivity index (χ0n) is 18.5. The molecule has 9 heteroatoms. The van der Waals surface area contributed by atoms with E-state index in [2.05, 4.69) is 4.90 Å². The Morgan fingerprint density at radius 3 is 2.10 bits per heavy atom. The Hall–Kier alpha value is -0.350. The van der Waals surface area contributed by atoms with Gasteiger partial charge in [0.05, 0.1) is 37.7 Å². The van der Waals surface area contributed by atoms with E-state index in [1.807, 2.05) is 27.7 Å². The Morgan fingerprint density at radius 2 is 1.52 bits per heavy atom. The van der Waals surface area contributed by atoms with Gasteiger partial charge in [-0.1, -0.05) is 0 Å². The standard InChI is InChI=1S/C20H38F2N2O4S/c1-16(2)23-9-7-19(21,12-23)15-28-18(5)6-11-29(25,26)24-10-8-20(22,13-24)14-27-17(3)4/h16-18H,6-15H2,1-5H3. The normalized spacial score (nSPS) is 30.7. The SMILES string of the molecule is CC(C)OCC1(F)CCN(S(=O)(=O)CCC(C)OCC2(F)CCN(C(C)C)C2)C1. The average molecular weight is 441 g/mol. The lowest BCUT2D eigenvalue weighted by Crippen LogP contribution is -2.39. The minimum atomic E-state index is -3.58. The van der Waals surface area contributed by atoms with Gasteiger partial charge in [-0.25, -0.2) is 17.2 Å². The quantitative estimate of drug-likeness (QED) is 0.495. The van der Waals surface area contributed by atoms with Gasteiger partial charge in [-0.05, 0) is 53.9 Å². The number of halogens is 2. The molecule has 0 aromatic heterocycles. The second-order valence-corrected chi connectivity index (χ2v) is 11.4. The van der Waals surface area contributed by atoms with Gasteiger partial charge in [0.1, 0.15) is 11.3 Å². The van der Waals surface area contributed by atoms with Crippen molar-refractivity contribution < 1.29 is 26.7 Å². The van der Waals surface area contributed by atoms with Gasteiger partial charge in [0.15, 0.2) is 0 Å². The van der Waals surface area contributed by atoms with Crippen LogP contribution in [0.2, 0.25) is 0 Å². The molecule has 2 fully saturated rings. The lowest BCUT2D eigenvalue weighted by atomic mass is 10.1. The van der Waals surface area contributed by atoms with Gasteiger partial charge in [0.25, 0.3) is 0 Å². The molecular weight excluding hydrogens is 402 g/mol. The van der Waals surface area contributed by atoms with Crippen LogP contribution in [0.5, 0.6) is 0 Å². The third-order valence-electron chi connectivity index (χ3n) is 5.81. The molecule has 0 saturated carbocycles. The van der Waals surface area contributed by atoms with Crippen molar-refractivity contribution in [3.05, 3.63) is 0 Å². The van der Waals surface area contributed by atoms with Gasteiger partial charge in [0.2, 0.25) is 10.0 Å². The minimum Gasteiger partial charge on any atom is -0.375 e. The van der Waals surface area contributed by atoms with E-state index in [9.17, 15) is 17.2 Å². The Bertz CT molecular complexity index is 634. The molecule has 2 rings (SSSR count). The van der Waals surface area contributed by atoms with Gasteiger partial charge < -0.3 is 9.47 Å². The van der Waals surface area contributed by atoms with Crippen molar-refractivity contribution in [3.8, 4) is 0 Å². The number of rotatable bonds is 11. The van der Waals surface area contributed by atoms with Gasteiger partial charge >= 0.3 is 0 Å². The molecule has 6 nitrogen and oxygen atoms in total. The molecular formula is C20H38F2N2O4S. The molecule has 0 radical (unpaired) electrons. The first-order valence-electron chi connectivity index (χ1n) is 10.7. The molecule has 0 N–H and O–H groups in total. The summed E-state index contributed by atoms with van der Waals surface area (Å²) in [7, 11) is -3.58. The van der Waals surface area contributed by atoms with Crippen LogP contribution in [0, 0.1) is 0 Å². The highest BCUT2D eigenvalue weighted by Crippen LogP contribution is 2.30. The van der Waals surface area contributed by atoms with E-state index < -0.39 is 21.4 Å². The van der Waals surface area contributed by atoms with Gasteiger partial charge in [0, 0.05) is 25.7 Å². The fourth-order valence-corrected chi connectivity index (χ4v) is 5.40. The van der Waals surface area contributed by atoms with E-state index in [0.717, 1.165) is 0 Å². The van der Waals surface area contributed by atoms with E-state index in [-0.39, 0.29) is 57.1 Å². The summed E-state index contributed by atoms with van der Waals surface area (Å²) in [4.78, 5) is 2.08. The number of sulfonamides is 1. The molecule has 0 spiro atoms. The van der Waals surface area contributed by atoms with Crippen molar-refractivity contribution in [2.75, 3.05) is 45.1 Å². The average Bonchev–Trinajstić information content (AvgIpc) is 3.22. The summed E-state index contributed by atoms with van der Waals surface area (Å²) in [6.07, 6.45) is 0.345. The molecule has 0 aromatic carbocycles. The third-order valence-corrected chi connectivity index (χ3v) is 7.66. The first kappa shape index (κ1) is 24.9. The maximum atomic E-state index is 14.9. The first-order valence-corrected chi connectivity index (χ1v) is 12.3. The third kappa shape index (κ3) is 7.38. The van der Waals surface area contributed by atoms with E-state index >= 15 is 0 Å². The molecule has 0 aliphatic carbocycles. The summed E-state index contributed by atoms with van der Waals surface area (Å²) < 4.78 is 67.0. The molecule has 2 heterocycles. The van der Waals surface area contributed by atoms with Gasteiger partial charge in [-0.3, -0.25) is 4.90 Å². The summed E-state index contributed by atoms with van der Waals surface area (Å²) >= 11 is 0. The zero-order valence-corrected chi connectivity index (χ0v) is 19.3. The Balaban J connectivity index is 1.76. The van der Waals surface area contributed by atoms with Crippen LogP contribution in [-0.2, 0) is 19.5 Å². The predicted octanol–water partition coefficient (Wildman–Crippen LogP) is 2.77. The van der Waals surface area contributed by atoms with Crippen molar-refractivity contribution in [2.24, 2.45) is 0 Å². The van der Waals surface area contributed by atoms with Crippen molar-refractivity contribution >= 4 is 10.0 Å². The van der Waals surface area contributed by atoms with Gasteiger partial charge in [-0.15, -0.1) is 0 Å². The molecule has 2 saturated heterocycles. The number of alkyl halides is 2. The van der Waals surface area contributed by atoms with Crippen LogP contribution in [0.3, 0.4) is 0 Å². The summed E-state index contributed by atoms with van der Waals surface area (Å²) in [5, 5.41) is 0. The molecule has 2 aliphatic rings. The van der Waals surface area contributed by atoms with Crippen LogP contribution in [0.15, 0.2) is 0 Å². The van der Waals surface area contributed by atoms with Crippen LogP contribution in [-0.4, -0.2) is 92.4 Å². The molecule has 29 heavy (non-hydrogen) atoms. The minimum absolute atomic E-state index is 0.0265. The van der Waals surface area contributed by atoms with Crippen LogP contribution in [0.4, 0.5) is 8.78 Å². The molecule has 3 unspecified atom stereocenters. The van der Waals surface area contributed by atoms with Crippen LogP contribution in [0.25, 0.3) is 0 Å². The van der Waals surface area contributed by atoms with E-state index in [4.69, 9.17) is 9.47 Å². The van der Waals surface area contributed by atoms with E-state index in [0.29, 0.717) is 25.6 Å². The largest absolute Gasteiger partial charge is 0.375 e. The molecule has 0 bridgehead atoms. The highest BCUT2D eigenvalue weighted by molar-refractivity contribution is 7.89. The lowest BCUT2D eigenvalue weighted by molar-refractivity contribution is -0.0181. The fraction of sp³-hybridized carbons (Fsp3) is 1.00. The van der Waals surface area contributed by atoms with Crippen LogP contribution < -0.4 is 0 Å². The molecule has 2 aliphatic heterocycles. The molecule has 0 amide bonds. The van der Waals surface area contributed by atoms with Gasteiger partial charge in [-0.2, -0.15) is 4.31 Å². The maximum absolute atomic E-state index is 14.9. The fourth-order valence-electron chi connectivity index (χ4n) is 3.71. The molecule has 3 atom stereocenters. The number of hydrogen-bond donors (Lipinski definition) is 0. The summed E-state index contributed by atoms with van der Waals surface area (Å²) in [5.74, 6) is -0.132. The summed E-state index contributed by atoms with van der Waals surface area (Å²) in [5.41, 5.74) is -3.01. The highest BCUT2D eigenvalue weighted by atomic mass is 32.2. The highest BCUT2D eigenvalue weighted by Gasteiger charge is 2.43. The van der Waals surface area contributed by atoms with Crippen molar-refractivity contribution in [2.45, 2.75) is 83.5 Å². The number of ether oxygens (including phenoxy) is 2. The van der Waals surface area contributed by atoms with Crippen LogP contribution in [0.1, 0.15) is 53.9 Å². The first-order chi connectivity index (χ1) is 13.3. The number of hydrogen-bond acceptors (Lipinski definition) is 5. The Kier molecular flexibility index (Phi) is 8.46. The Morgan fingerprint density at radius 1 is 0.931 bits per heavy atom.